The van der Waals surface area contributed by atoms with E-state index in [0.29, 0.717) is 34.1 Å². The molecule has 0 aliphatic heterocycles. The van der Waals surface area contributed by atoms with E-state index in [0.717, 1.165) is 21.5 Å². The van der Waals surface area contributed by atoms with Crippen molar-refractivity contribution in [1.82, 2.24) is 4.98 Å². The summed E-state index contributed by atoms with van der Waals surface area (Å²) in [6, 6.07) is 10.9. The predicted molar refractivity (Wildman–Crippen MR) is 133 cm³/mol. The fourth-order valence-electron chi connectivity index (χ4n) is 3.80. The quantitative estimate of drug-likeness (QED) is 0.238. The van der Waals surface area contributed by atoms with Crippen molar-refractivity contribution in [1.29, 1.82) is 0 Å². The van der Waals surface area contributed by atoms with Crippen LogP contribution in [0, 0.1) is 6.92 Å². The number of carbonyl (C=O) groups excluding carboxylic acids is 1. The average Bonchev–Trinajstić information content (AvgIpc) is 3.35. The summed E-state index contributed by atoms with van der Waals surface area (Å²) < 4.78 is 26.8. The molecule has 0 N–H and O–H groups in total. The zero-order valence-corrected chi connectivity index (χ0v) is 20.7. The Morgan fingerprint density at radius 2 is 1.91 bits per heavy atom. The molecule has 0 radical (unpaired) electrons. The lowest BCUT2D eigenvalue weighted by atomic mass is 10.0. The van der Waals surface area contributed by atoms with E-state index in [2.05, 4.69) is 4.98 Å². The van der Waals surface area contributed by atoms with Crippen molar-refractivity contribution in [3.63, 3.8) is 0 Å². The summed E-state index contributed by atoms with van der Waals surface area (Å²) >= 11 is 1.42. The van der Waals surface area contributed by atoms with E-state index in [1.807, 2.05) is 36.6 Å². The van der Waals surface area contributed by atoms with Crippen LogP contribution < -0.4 is 19.8 Å². The number of carbonyl (C=O) groups is 1. The van der Waals surface area contributed by atoms with E-state index in [4.69, 9.17) is 23.4 Å². The number of thiazole rings is 1. The third-order valence-electron chi connectivity index (χ3n) is 5.64. The highest BCUT2D eigenvalue weighted by molar-refractivity contribution is 7.13. The number of esters is 1. The number of aryl methyl sites for hydroxylation is 1. The van der Waals surface area contributed by atoms with Crippen LogP contribution in [-0.2, 0) is 22.6 Å². The Kier molecular flexibility index (Phi) is 7.36. The van der Waals surface area contributed by atoms with Gasteiger partial charge in [-0.25, -0.2) is 9.78 Å². The van der Waals surface area contributed by atoms with Gasteiger partial charge in [0.05, 0.1) is 32.6 Å². The molecule has 0 saturated carbocycles. The number of aromatic nitrogens is 1. The van der Waals surface area contributed by atoms with Crippen LogP contribution in [0.5, 0.6) is 17.2 Å². The zero-order valence-electron chi connectivity index (χ0n) is 19.9. The van der Waals surface area contributed by atoms with Crippen LogP contribution >= 0.6 is 11.3 Å². The number of fused-ring (bicyclic) bond motifs is 1. The molecule has 0 spiro atoms. The maximum Gasteiger partial charge on any atom is 0.339 e. The number of para-hydroxylation sites is 1. The summed E-state index contributed by atoms with van der Waals surface area (Å²) in [4.78, 5) is 29.4. The summed E-state index contributed by atoms with van der Waals surface area (Å²) in [6.07, 6.45) is 0.270. The van der Waals surface area contributed by atoms with Gasteiger partial charge in [0.2, 0.25) is 0 Å². The Labute approximate surface area is 206 Å². The molecule has 182 valence electrons. The zero-order chi connectivity index (χ0) is 24.9. The van der Waals surface area contributed by atoms with Crippen molar-refractivity contribution in [3.05, 3.63) is 69.0 Å². The summed E-state index contributed by atoms with van der Waals surface area (Å²) in [7, 11) is 4.70. The predicted octanol–water partition coefficient (Wildman–Crippen LogP) is 4.93. The summed E-state index contributed by atoms with van der Waals surface area (Å²) in [5.74, 6) is 1.38. The molecule has 4 rings (SSSR count). The van der Waals surface area contributed by atoms with Gasteiger partial charge in [-0.15, -0.1) is 11.3 Å². The molecule has 0 amide bonds. The van der Waals surface area contributed by atoms with Gasteiger partial charge in [0.15, 0.2) is 11.5 Å². The van der Waals surface area contributed by atoms with Crippen molar-refractivity contribution < 1.29 is 28.2 Å². The van der Waals surface area contributed by atoms with Gasteiger partial charge in [-0.05, 0) is 43.2 Å². The van der Waals surface area contributed by atoms with Crippen LogP contribution in [-0.4, -0.2) is 32.3 Å². The second-order valence-corrected chi connectivity index (χ2v) is 8.56. The molecule has 8 nitrogen and oxygen atoms in total. The van der Waals surface area contributed by atoms with E-state index < -0.39 is 11.6 Å². The highest BCUT2D eigenvalue weighted by Gasteiger charge is 2.17. The first-order chi connectivity index (χ1) is 16.9. The first-order valence-electron chi connectivity index (χ1n) is 10.9. The van der Waals surface area contributed by atoms with Gasteiger partial charge in [0, 0.05) is 28.8 Å². The lowest BCUT2D eigenvalue weighted by molar-refractivity contribution is -0.145. The Hall–Kier alpha value is -3.85. The molecule has 4 aromatic rings. The topological polar surface area (TPSA) is 97.1 Å². The van der Waals surface area contributed by atoms with Crippen molar-refractivity contribution >= 4 is 28.3 Å². The minimum absolute atomic E-state index is 0.0344. The molecule has 0 fully saturated rings. The van der Waals surface area contributed by atoms with Crippen LogP contribution in [0.3, 0.4) is 0 Å². The molecule has 2 aromatic carbocycles. The van der Waals surface area contributed by atoms with E-state index in [-0.39, 0.29) is 19.4 Å². The van der Waals surface area contributed by atoms with Crippen LogP contribution in [0.25, 0.3) is 21.5 Å². The molecule has 0 atom stereocenters. The number of nitrogens with zero attached hydrogens (tertiary/aromatic N) is 1. The third kappa shape index (κ3) is 5.14. The van der Waals surface area contributed by atoms with Gasteiger partial charge in [0.25, 0.3) is 0 Å². The summed E-state index contributed by atoms with van der Waals surface area (Å²) in [6.45, 7) is 1.88. The van der Waals surface area contributed by atoms with E-state index in [1.54, 1.807) is 33.5 Å². The van der Waals surface area contributed by atoms with Crippen molar-refractivity contribution in [2.75, 3.05) is 21.3 Å². The van der Waals surface area contributed by atoms with E-state index >= 15 is 0 Å². The van der Waals surface area contributed by atoms with Crippen LogP contribution in [0.2, 0.25) is 0 Å². The maximum absolute atomic E-state index is 12.5. The minimum Gasteiger partial charge on any atom is -0.497 e. The fraction of sp³-hybridized carbons (Fsp3) is 0.269. The number of benzene rings is 2. The third-order valence-corrected chi connectivity index (χ3v) is 6.56. The van der Waals surface area contributed by atoms with Crippen molar-refractivity contribution in [3.8, 4) is 27.8 Å². The smallest absolute Gasteiger partial charge is 0.339 e. The van der Waals surface area contributed by atoms with E-state index in [1.165, 1.54) is 11.3 Å². The first-order valence-corrected chi connectivity index (χ1v) is 11.7. The number of rotatable bonds is 9. The average molecular weight is 496 g/mol. The van der Waals surface area contributed by atoms with Crippen molar-refractivity contribution in [2.24, 2.45) is 0 Å². The van der Waals surface area contributed by atoms with Crippen LogP contribution in [0.15, 0.2) is 51.0 Å². The van der Waals surface area contributed by atoms with Gasteiger partial charge in [-0.3, -0.25) is 4.79 Å². The van der Waals surface area contributed by atoms with Gasteiger partial charge < -0.3 is 23.4 Å². The number of hydrogen-bond acceptors (Lipinski definition) is 9. The van der Waals surface area contributed by atoms with Gasteiger partial charge in [-0.1, -0.05) is 6.07 Å². The largest absolute Gasteiger partial charge is 0.497 e. The standard InChI is InChI=1S/C26H25NO7S/c1-15-18-9-8-17(30-2)12-22(18)34-26(29)19(15)10-11-23(28)33-13-16-14-35-25(27-16)20-6-5-7-21(31-3)24(20)32-4/h5-9,12,14H,10-11,13H2,1-4H3. The second kappa shape index (κ2) is 10.6. The summed E-state index contributed by atoms with van der Waals surface area (Å²) in [5, 5.41) is 3.36. The Balaban J connectivity index is 1.40. The van der Waals surface area contributed by atoms with Gasteiger partial charge in [-0.2, -0.15) is 0 Å². The van der Waals surface area contributed by atoms with Crippen molar-refractivity contribution in [2.45, 2.75) is 26.4 Å². The van der Waals surface area contributed by atoms with Crippen LogP contribution in [0.1, 0.15) is 23.2 Å². The molecular formula is C26H25NO7S. The second-order valence-electron chi connectivity index (χ2n) is 7.70. The lowest BCUT2D eigenvalue weighted by Crippen LogP contribution is -2.14. The number of methoxy groups -OCH3 is 3. The maximum atomic E-state index is 12.5. The normalized spacial score (nSPS) is 10.9. The summed E-state index contributed by atoms with van der Waals surface area (Å²) in [5.41, 5.74) is 2.64. The molecule has 0 aliphatic carbocycles. The number of ether oxygens (including phenoxy) is 4. The molecule has 9 heteroatoms. The first kappa shape index (κ1) is 24.3. The number of hydrogen-bond donors (Lipinski definition) is 0. The molecule has 35 heavy (non-hydrogen) atoms. The van der Waals surface area contributed by atoms with Gasteiger partial charge >= 0.3 is 11.6 Å². The molecule has 2 aromatic heterocycles. The highest BCUT2D eigenvalue weighted by atomic mass is 32.1. The molecular weight excluding hydrogens is 470 g/mol. The molecule has 0 unspecified atom stereocenters. The Bertz CT molecular complexity index is 1420. The fourth-order valence-corrected chi connectivity index (χ4v) is 4.62. The minimum atomic E-state index is -0.465. The molecule has 0 aliphatic rings. The highest BCUT2D eigenvalue weighted by Crippen LogP contribution is 2.39. The SMILES string of the molecule is COc1ccc2c(C)c(CCC(=O)OCc3csc(-c4cccc(OC)c4OC)n3)c(=O)oc2c1. The lowest BCUT2D eigenvalue weighted by Gasteiger charge is -2.10. The monoisotopic (exact) mass is 495 g/mol. The van der Waals surface area contributed by atoms with Gasteiger partial charge in [0.1, 0.15) is 22.9 Å². The Morgan fingerprint density at radius 1 is 1.09 bits per heavy atom. The molecule has 0 bridgehead atoms. The molecule has 0 saturated heterocycles. The Morgan fingerprint density at radius 3 is 2.66 bits per heavy atom. The molecule has 2 heterocycles. The van der Waals surface area contributed by atoms with E-state index in [9.17, 15) is 9.59 Å². The van der Waals surface area contributed by atoms with Crippen LogP contribution in [0.4, 0.5) is 0 Å².